The van der Waals surface area contributed by atoms with Crippen LogP contribution in [-0.4, -0.2) is 0 Å². The van der Waals surface area contributed by atoms with E-state index in [0.29, 0.717) is 0 Å². The third-order valence-electron chi connectivity index (χ3n) is 1.14. The number of hydrogen-bond donors (Lipinski definition) is 0. The summed E-state index contributed by atoms with van der Waals surface area (Å²) in [4.78, 5) is 0. The second-order valence-corrected chi connectivity index (χ2v) is 3.88. The van der Waals surface area contributed by atoms with Gasteiger partial charge in [-0.2, -0.15) is 0 Å². The molecule has 0 radical (unpaired) electrons. The van der Waals surface area contributed by atoms with Crippen molar-refractivity contribution in [2.75, 3.05) is 0 Å². The Bertz CT molecular complexity index is 72.2. The molecule has 1 atom stereocenters. The average molecular weight is 174 g/mol. The molecular formula is C6H11Zr. The molecule has 0 bridgehead atoms. The van der Waals surface area contributed by atoms with E-state index in [1.165, 1.54) is 5.57 Å². The molecular weight excluding hydrogens is 163 g/mol. The summed E-state index contributed by atoms with van der Waals surface area (Å²) >= 11 is 1.61. The van der Waals surface area contributed by atoms with E-state index in [9.17, 15) is 0 Å². The maximum atomic E-state index is 2.24. The number of allylic oxidation sites excluding steroid dienone is 2. The Morgan fingerprint density at radius 2 is 2.14 bits per heavy atom. The van der Waals surface area contributed by atoms with Crippen LogP contribution in [0.5, 0.6) is 0 Å². The molecule has 0 aliphatic heterocycles. The van der Waals surface area contributed by atoms with Crippen LogP contribution in [0.4, 0.5) is 0 Å². The Hall–Kier alpha value is 0.623. The first kappa shape index (κ1) is 7.62. The predicted molar refractivity (Wildman–Crippen MR) is 28.9 cm³/mol. The van der Waals surface area contributed by atoms with Crippen LogP contribution in [0.3, 0.4) is 0 Å². The molecule has 7 heavy (non-hydrogen) atoms. The number of rotatable bonds is 1. The average Bonchev–Trinajstić information content (AvgIpc) is 1.65. The molecule has 0 aromatic carbocycles. The quantitative estimate of drug-likeness (QED) is 0.535. The van der Waals surface area contributed by atoms with Gasteiger partial charge in [-0.25, -0.2) is 0 Å². The van der Waals surface area contributed by atoms with Crippen molar-refractivity contribution in [1.29, 1.82) is 0 Å². The van der Waals surface area contributed by atoms with Crippen molar-refractivity contribution in [3.63, 3.8) is 0 Å². The normalized spacial score (nSPS) is 16.6. The molecule has 0 spiro atoms. The Morgan fingerprint density at radius 3 is 2.14 bits per heavy atom. The first-order valence-corrected chi connectivity index (χ1v) is 3.94. The molecule has 0 heterocycles. The van der Waals surface area contributed by atoms with E-state index in [2.05, 4.69) is 26.8 Å². The first-order chi connectivity index (χ1) is 3.18. The van der Waals surface area contributed by atoms with Crippen molar-refractivity contribution in [1.82, 2.24) is 0 Å². The van der Waals surface area contributed by atoms with Gasteiger partial charge in [0.25, 0.3) is 0 Å². The first-order valence-electron chi connectivity index (χ1n) is 2.52. The van der Waals surface area contributed by atoms with Crippen LogP contribution >= 0.6 is 0 Å². The molecule has 0 aliphatic rings. The van der Waals surface area contributed by atoms with Crippen LogP contribution in [0.2, 0.25) is 3.63 Å². The van der Waals surface area contributed by atoms with Crippen LogP contribution in [-0.2, 0) is 24.7 Å². The fourth-order valence-electron chi connectivity index (χ4n) is 0.250. The van der Waals surface area contributed by atoms with E-state index < -0.39 is 0 Å². The Balaban J connectivity index is 3.56. The molecule has 39 valence electrons. The predicted octanol–water partition coefficient (Wildman–Crippen LogP) is 2.31. The van der Waals surface area contributed by atoms with E-state index in [0.717, 1.165) is 3.63 Å². The van der Waals surface area contributed by atoms with Gasteiger partial charge in [0.05, 0.1) is 0 Å². The third kappa shape index (κ3) is 3.23. The molecule has 0 saturated heterocycles. The second kappa shape index (κ2) is 3.60. The Kier molecular flexibility index (Phi) is 3.92. The van der Waals surface area contributed by atoms with E-state index in [4.69, 9.17) is 0 Å². The summed E-state index contributed by atoms with van der Waals surface area (Å²) < 4.78 is 0.817. The number of hydrogen-bond acceptors (Lipinski definition) is 0. The molecule has 0 rings (SSSR count). The van der Waals surface area contributed by atoms with Gasteiger partial charge in [0.2, 0.25) is 0 Å². The Labute approximate surface area is 60.8 Å². The molecule has 1 unspecified atom stereocenters. The van der Waals surface area contributed by atoms with Gasteiger partial charge in [0.15, 0.2) is 0 Å². The molecule has 1 heteroatoms. The molecule has 0 aromatic heterocycles. The third-order valence-corrected chi connectivity index (χ3v) is 2.26. The van der Waals surface area contributed by atoms with E-state index in [1.54, 1.807) is 24.7 Å². The summed E-state index contributed by atoms with van der Waals surface area (Å²) in [6.07, 6.45) is 2.18. The molecule has 0 saturated carbocycles. The second-order valence-electron chi connectivity index (χ2n) is 1.75. The van der Waals surface area contributed by atoms with Gasteiger partial charge in [0, 0.05) is 0 Å². The molecule has 0 aromatic rings. The van der Waals surface area contributed by atoms with Gasteiger partial charge in [-0.15, -0.1) is 0 Å². The van der Waals surface area contributed by atoms with Crippen LogP contribution in [0.25, 0.3) is 0 Å². The van der Waals surface area contributed by atoms with Gasteiger partial charge in [0.1, 0.15) is 0 Å². The van der Waals surface area contributed by atoms with Crippen LogP contribution in [0.1, 0.15) is 20.8 Å². The summed E-state index contributed by atoms with van der Waals surface area (Å²) in [6.45, 7) is 6.52. The van der Waals surface area contributed by atoms with Gasteiger partial charge < -0.3 is 0 Å². The zero-order valence-corrected chi connectivity index (χ0v) is 7.61. The van der Waals surface area contributed by atoms with Crippen LogP contribution in [0.15, 0.2) is 11.6 Å². The molecule has 0 fully saturated rings. The fraction of sp³-hybridized carbons (Fsp3) is 0.667. The van der Waals surface area contributed by atoms with Gasteiger partial charge in [-0.1, -0.05) is 0 Å². The monoisotopic (exact) mass is 173 g/mol. The van der Waals surface area contributed by atoms with E-state index in [-0.39, 0.29) is 0 Å². The standard InChI is InChI=1S/C6H11.Zr/c1-4-6(3)5-2;/h4-5H,1-3H3;. The molecule has 0 nitrogen and oxygen atoms in total. The van der Waals surface area contributed by atoms with Crippen LogP contribution in [0, 0.1) is 0 Å². The van der Waals surface area contributed by atoms with Crippen molar-refractivity contribution in [2.24, 2.45) is 0 Å². The van der Waals surface area contributed by atoms with E-state index in [1.807, 2.05) is 0 Å². The fourth-order valence-corrected chi connectivity index (χ4v) is 0.660. The van der Waals surface area contributed by atoms with Crippen molar-refractivity contribution < 1.29 is 24.7 Å². The minimum atomic E-state index is 0.817. The molecule has 0 N–H and O–H groups in total. The van der Waals surface area contributed by atoms with Gasteiger partial charge in [-0.05, 0) is 0 Å². The van der Waals surface area contributed by atoms with Crippen molar-refractivity contribution in [3.8, 4) is 0 Å². The topological polar surface area (TPSA) is 0 Å². The van der Waals surface area contributed by atoms with Gasteiger partial charge in [-0.3, -0.25) is 0 Å². The molecule has 0 amide bonds. The SMILES string of the molecule is CC=C(C)[CH](C)[Zr]. The van der Waals surface area contributed by atoms with Crippen molar-refractivity contribution in [3.05, 3.63) is 11.6 Å². The summed E-state index contributed by atoms with van der Waals surface area (Å²) in [6, 6.07) is 0. The van der Waals surface area contributed by atoms with Crippen molar-refractivity contribution in [2.45, 2.75) is 24.4 Å². The molecule has 0 aliphatic carbocycles. The Morgan fingerprint density at radius 1 is 1.71 bits per heavy atom. The zero-order chi connectivity index (χ0) is 5.86. The zero-order valence-electron chi connectivity index (χ0n) is 5.15. The summed E-state index contributed by atoms with van der Waals surface area (Å²) in [5, 5.41) is 0. The summed E-state index contributed by atoms with van der Waals surface area (Å²) in [7, 11) is 0. The van der Waals surface area contributed by atoms with Crippen LogP contribution < -0.4 is 0 Å². The summed E-state index contributed by atoms with van der Waals surface area (Å²) in [5.74, 6) is 0. The van der Waals surface area contributed by atoms with E-state index >= 15 is 0 Å². The maximum absolute atomic E-state index is 2.24. The van der Waals surface area contributed by atoms with Gasteiger partial charge >= 0.3 is 60.8 Å². The summed E-state index contributed by atoms with van der Waals surface area (Å²) in [5.41, 5.74) is 1.51. The van der Waals surface area contributed by atoms with Crippen molar-refractivity contribution >= 4 is 0 Å². The minimum absolute atomic E-state index is 0.817.